The summed E-state index contributed by atoms with van der Waals surface area (Å²) in [4.78, 5) is 22.5. The molecule has 1 rings (SSSR count). The minimum Gasteiger partial charge on any atom is -0.387 e. The van der Waals surface area contributed by atoms with Gasteiger partial charge >= 0.3 is 0 Å². The van der Waals surface area contributed by atoms with Crippen molar-refractivity contribution in [1.29, 1.82) is 10.5 Å². The van der Waals surface area contributed by atoms with E-state index in [1.165, 1.54) is 26.0 Å². The molecule has 1 unspecified atom stereocenters. The number of benzene rings is 1. The Morgan fingerprint density at radius 3 is 2.50 bits per heavy atom. The van der Waals surface area contributed by atoms with Crippen molar-refractivity contribution in [1.82, 2.24) is 0 Å². The van der Waals surface area contributed by atoms with Gasteiger partial charge in [-0.25, -0.2) is 0 Å². The molecule has 1 aromatic carbocycles. The Hall–Kier alpha value is -3.03. The summed E-state index contributed by atoms with van der Waals surface area (Å²) in [5.74, 6) is -0.707. The number of hydrogen-bond acceptors (Lipinski definition) is 6. The number of hydrogen-bond donors (Lipinski definition) is 1. The van der Waals surface area contributed by atoms with Gasteiger partial charge in [0.25, 0.3) is 5.69 Å². The molecule has 0 heterocycles. The highest BCUT2D eigenvalue weighted by molar-refractivity contribution is 6.02. The molecule has 0 saturated carbocycles. The summed E-state index contributed by atoms with van der Waals surface area (Å²) >= 11 is 0. The summed E-state index contributed by atoms with van der Waals surface area (Å²) in [6.45, 7) is 6.03. The molecule has 112 valence electrons. The first-order valence-electron chi connectivity index (χ1n) is 6.17. The topological polar surface area (TPSA) is 128 Å². The fourth-order valence-corrected chi connectivity index (χ4v) is 1.96. The number of aliphatic hydroxyl groups is 1. The lowest BCUT2D eigenvalue weighted by atomic mass is 9.76. The molecule has 0 bridgehead atoms. The molecule has 7 nitrogen and oxygen atoms in total. The third kappa shape index (κ3) is 3.00. The number of aliphatic hydroxyl groups excluding tert-OH is 1. The second kappa shape index (κ2) is 6.17. The fraction of sp³-hybridized carbons (Fsp3) is 0.267. The first-order chi connectivity index (χ1) is 10.2. The zero-order chi connectivity index (χ0) is 17.1. The van der Waals surface area contributed by atoms with Crippen molar-refractivity contribution in [2.45, 2.75) is 20.0 Å². The minimum atomic E-state index is -1.53. The van der Waals surface area contributed by atoms with Crippen LogP contribution in [0.3, 0.4) is 0 Å². The van der Waals surface area contributed by atoms with E-state index in [2.05, 4.69) is 6.58 Å². The Kier molecular flexibility index (Phi) is 4.77. The van der Waals surface area contributed by atoms with Gasteiger partial charge in [0, 0.05) is 6.07 Å². The number of Topliss-reactive ketones (excluding diaryl/α,β-unsaturated/α-hetero) is 1. The number of carbonyl (C=O) groups excluding carboxylic acids is 1. The first kappa shape index (κ1) is 17.0. The average Bonchev–Trinajstić information content (AvgIpc) is 2.51. The Labute approximate surface area is 126 Å². The zero-order valence-corrected chi connectivity index (χ0v) is 12.0. The summed E-state index contributed by atoms with van der Waals surface area (Å²) in [6, 6.07) is 6.93. The van der Waals surface area contributed by atoms with Gasteiger partial charge in [-0.05, 0) is 26.0 Å². The molecule has 0 saturated heterocycles. The third-order valence-electron chi connectivity index (χ3n) is 3.33. The fourth-order valence-electron chi connectivity index (χ4n) is 1.96. The maximum absolute atomic E-state index is 12.1. The summed E-state index contributed by atoms with van der Waals surface area (Å²) < 4.78 is 0. The van der Waals surface area contributed by atoms with Gasteiger partial charge < -0.3 is 5.11 Å². The van der Waals surface area contributed by atoms with Crippen molar-refractivity contribution in [3.8, 4) is 12.1 Å². The molecule has 0 aromatic heterocycles. The third-order valence-corrected chi connectivity index (χ3v) is 3.33. The van der Waals surface area contributed by atoms with Crippen molar-refractivity contribution in [2.75, 3.05) is 0 Å². The van der Waals surface area contributed by atoms with Gasteiger partial charge in [-0.1, -0.05) is 6.58 Å². The van der Waals surface area contributed by atoms with Crippen LogP contribution in [0.2, 0.25) is 0 Å². The SMILES string of the molecule is C=C(C#N)C(=O)C(C)(C)C(O)c1ccc(C#N)cc1[N+](=O)[O-]. The second-order valence-corrected chi connectivity index (χ2v) is 5.19. The lowest BCUT2D eigenvalue weighted by Gasteiger charge is -2.28. The Morgan fingerprint density at radius 1 is 1.45 bits per heavy atom. The van der Waals surface area contributed by atoms with Crippen LogP contribution in [0.25, 0.3) is 0 Å². The van der Waals surface area contributed by atoms with Crippen LogP contribution in [0.1, 0.15) is 31.1 Å². The molecular weight excluding hydrogens is 286 g/mol. The number of rotatable bonds is 5. The van der Waals surface area contributed by atoms with Gasteiger partial charge in [0.1, 0.15) is 6.07 Å². The van der Waals surface area contributed by atoms with Crippen LogP contribution < -0.4 is 0 Å². The molecule has 0 aliphatic rings. The molecule has 0 fully saturated rings. The van der Waals surface area contributed by atoms with Gasteiger partial charge in [0.2, 0.25) is 0 Å². The van der Waals surface area contributed by atoms with Crippen LogP contribution in [0, 0.1) is 38.2 Å². The highest BCUT2D eigenvalue weighted by atomic mass is 16.6. The van der Waals surface area contributed by atoms with E-state index in [1.54, 1.807) is 12.1 Å². The highest BCUT2D eigenvalue weighted by Gasteiger charge is 2.40. The van der Waals surface area contributed by atoms with E-state index in [0.29, 0.717) is 0 Å². The Bertz CT molecular complexity index is 738. The van der Waals surface area contributed by atoms with Crippen molar-refractivity contribution in [3.05, 3.63) is 51.6 Å². The van der Waals surface area contributed by atoms with E-state index in [1.807, 2.05) is 0 Å². The Morgan fingerprint density at radius 2 is 2.05 bits per heavy atom. The van der Waals surface area contributed by atoms with Crippen LogP contribution in [0.5, 0.6) is 0 Å². The average molecular weight is 299 g/mol. The quantitative estimate of drug-likeness (QED) is 0.384. The summed E-state index contributed by atoms with van der Waals surface area (Å²) in [5.41, 5.74) is -2.33. The smallest absolute Gasteiger partial charge is 0.276 e. The molecule has 0 amide bonds. The monoisotopic (exact) mass is 299 g/mol. The number of nitrogens with zero attached hydrogens (tertiary/aromatic N) is 3. The van der Waals surface area contributed by atoms with Gasteiger partial charge in [0.05, 0.1) is 39.2 Å². The lowest BCUT2D eigenvalue weighted by molar-refractivity contribution is -0.386. The van der Waals surface area contributed by atoms with Gasteiger partial charge in [-0.2, -0.15) is 10.5 Å². The van der Waals surface area contributed by atoms with E-state index in [9.17, 15) is 20.0 Å². The minimum absolute atomic E-state index is 0.0632. The summed E-state index contributed by atoms with van der Waals surface area (Å²) in [7, 11) is 0. The predicted molar refractivity (Wildman–Crippen MR) is 76.3 cm³/mol. The largest absolute Gasteiger partial charge is 0.387 e. The second-order valence-electron chi connectivity index (χ2n) is 5.19. The molecule has 0 aliphatic carbocycles. The molecule has 22 heavy (non-hydrogen) atoms. The molecule has 1 atom stereocenters. The van der Waals surface area contributed by atoms with E-state index < -0.39 is 27.9 Å². The van der Waals surface area contributed by atoms with E-state index in [4.69, 9.17) is 10.5 Å². The van der Waals surface area contributed by atoms with Crippen molar-refractivity contribution >= 4 is 11.5 Å². The summed E-state index contributed by atoms with van der Waals surface area (Å²) in [5, 5.41) is 39.0. The van der Waals surface area contributed by atoms with Crippen molar-refractivity contribution in [3.63, 3.8) is 0 Å². The Balaban J connectivity index is 3.40. The standard InChI is InChI=1S/C15H13N3O4/c1-9(7-16)13(19)15(2,3)14(20)11-5-4-10(8-17)6-12(11)18(21)22/h4-6,14,20H,1H2,2-3H3. The molecular formula is C15H13N3O4. The lowest BCUT2D eigenvalue weighted by Crippen LogP contribution is -2.32. The molecule has 0 spiro atoms. The van der Waals surface area contributed by atoms with Gasteiger partial charge in [0.15, 0.2) is 5.78 Å². The molecule has 1 aromatic rings. The van der Waals surface area contributed by atoms with Crippen molar-refractivity contribution in [2.24, 2.45) is 5.41 Å². The number of nitro groups is 1. The van der Waals surface area contributed by atoms with Crippen LogP contribution in [-0.4, -0.2) is 15.8 Å². The van der Waals surface area contributed by atoms with Gasteiger partial charge in [-0.3, -0.25) is 14.9 Å². The highest BCUT2D eigenvalue weighted by Crippen LogP contribution is 2.39. The number of allylic oxidation sites excluding steroid dienone is 1. The van der Waals surface area contributed by atoms with Crippen molar-refractivity contribution < 1.29 is 14.8 Å². The maximum Gasteiger partial charge on any atom is 0.276 e. The predicted octanol–water partition coefficient (Wildman–Crippen LogP) is 2.17. The molecule has 0 radical (unpaired) electrons. The molecule has 7 heteroatoms. The zero-order valence-electron chi connectivity index (χ0n) is 12.0. The van der Waals surface area contributed by atoms with Crippen LogP contribution in [0.4, 0.5) is 5.69 Å². The van der Waals surface area contributed by atoms with Crippen LogP contribution in [0.15, 0.2) is 30.4 Å². The van der Waals surface area contributed by atoms with Crippen LogP contribution in [-0.2, 0) is 4.79 Å². The van der Waals surface area contributed by atoms with E-state index in [-0.39, 0.29) is 16.7 Å². The number of nitriles is 2. The summed E-state index contributed by atoms with van der Waals surface area (Å²) in [6.07, 6.45) is -1.53. The first-order valence-corrected chi connectivity index (χ1v) is 6.17. The number of carbonyl (C=O) groups is 1. The maximum atomic E-state index is 12.1. The van der Waals surface area contributed by atoms with Crippen LogP contribution >= 0.6 is 0 Å². The van der Waals surface area contributed by atoms with Gasteiger partial charge in [-0.15, -0.1) is 0 Å². The normalized spacial score (nSPS) is 11.9. The molecule has 0 aliphatic heterocycles. The molecule has 1 N–H and O–H groups in total. The number of ketones is 1. The van der Waals surface area contributed by atoms with E-state index >= 15 is 0 Å². The van der Waals surface area contributed by atoms with E-state index in [0.717, 1.165) is 6.07 Å². The number of nitro benzene ring substituents is 1.